The Bertz CT molecular complexity index is 1370. The lowest BCUT2D eigenvalue weighted by Crippen LogP contribution is -2.25. The number of hydrogen-bond donors (Lipinski definition) is 0. The van der Waals surface area contributed by atoms with Gasteiger partial charge in [-0.15, -0.1) is 0 Å². The molecule has 0 aliphatic rings. The Morgan fingerprint density at radius 3 is 1.39 bits per heavy atom. The van der Waals surface area contributed by atoms with E-state index in [9.17, 15) is 8.78 Å². The van der Waals surface area contributed by atoms with Gasteiger partial charge in [0.05, 0.1) is 0 Å². The zero-order chi connectivity index (χ0) is 32.4. The van der Waals surface area contributed by atoms with Gasteiger partial charge in [-0.05, 0) is 159 Å². The first-order chi connectivity index (χ1) is 21.7. The van der Waals surface area contributed by atoms with Crippen LogP contribution in [0.1, 0.15) is 80.3 Å². The normalized spacial score (nSPS) is 10.9. The molecule has 0 aliphatic heterocycles. The maximum absolute atomic E-state index is 12.9. The van der Waals surface area contributed by atoms with Gasteiger partial charge in [0.1, 0.15) is 11.6 Å². The van der Waals surface area contributed by atoms with Gasteiger partial charge in [0.2, 0.25) is 0 Å². The maximum atomic E-state index is 12.9. The third kappa shape index (κ3) is 15.3. The fourth-order valence-electron chi connectivity index (χ4n) is 5.43. The molecule has 0 N–H and O–H groups in total. The average Bonchev–Trinajstić information content (AvgIpc) is 3.02. The summed E-state index contributed by atoms with van der Waals surface area (Å²) in [6.07, 6.45) is 6.56. The number of nitrogens with zero attached hydrogens (tertiary/aromatic N) is 2. The Hall–Kier alpha value is -2.61. The predicted molar refractivity (Wildman–Crippen MR) is 202 cm³/mol. The molecule has 0 saturated heterocycles. The molecule has 0 fully saturated rings. The SMILES string of the molecule is C.CCCN(CCCc1ccc(F)cc1)Cc1ccc(C)c(I)c1.CCCN(CCCc1ccc(F)cc1)Cc1ccc(C)cc1. The largest absolute Gasteiger partial charge is 0.299 e. The van der Waals surface area contributed by atoms with Gasteiger partial charge in [-0.25, -0.2) is 8.78 Å². The van der Waals surface area contributed by atoms with E-state index in [4.69, 9.17) is 0 Å². The van der Waals surface area contributed by atoms with Crippen molar-refractivity contribution in [2.75, 3.05) is 26.2 Å². The average molecular weight is 741 g/mol. The lowest BCUT2D eigenvalue weighted by molar-refractivity contribution is 0.262. The van der Waals surface area contributed by atoms with E-state index in [-0.39, 0.29) is 19.1 Å². The van der Waals surface area contributed by atoms with Gasteiger partial charge in [0.15, 0.2) is 0 Å². The highest BCUT2D eigenvalue weighted by atomic mass is 127. The highest BCUT2D eigenvalue weighted by Gasteiger charge is 2.08. The van der Waals surface area contributed by atoms with Crippen molar-refractivity contribution in [1.29, 1.82) is 0 Å². The van der Waals surface area contributed by atoms with E-state index in [1.165, 1.54) is 49.8 Å². The van der Waals surface area contributed by atoms with Crippen LogP contribution in [0.4, 0.5) is 8.78 Å². The number of benzene rings is 4. The second-order valence-corrected chi connectivity index (χ2v) is 13.2. The maximum Gasteiger partial charge on any atom is 0.123 e. The minimum atomic E-state index is -0.157. The molecular weight excluding hydrogens is 685 g/mol. The van der Waals surface area contributed by atoms with E-state index in [1.54, 1.807) is 24.3 Å². The smallest absolute Gasteiger partial charge is 0.123 e. The summed E-state index contributed by atoms with van der Waals surface area (Å²) in [6.45, 7) is 15.1. The van der Waals surface area contributed by atoms with E-state index < -0.39 is 0 Å². The van der Waals surface area contributed by atoms with Crippen LogP contribution in [0.2, 0.25) is 0 Å². The first kappa shape index (κ1) is 39.6. The second kappa shape index (κ2) is 22.0. The van der Waals surface area contributed by atoms with Gasteiger partial charge in [-0.2, -0.15) is 0 Å². The number of hydrogen-bond acceptors (Lipinski definition) is 2. The molecule has 0 atom stereocenters. The first-order valence-electron chi connectivity index (χ1n) is 16.5. The Balaban J connectivity index is 0.000000314. The molecule has 2 nitrogen and oxygen atoms in total. The van der Waals surface area contributed by atoms with Crippen molar-refractivity contribution >= 4 is 22.6 Å². The van der Waals surface area contributed by atoms with Crippen molar-refractivity contribution in [2.24, 2.45) is 0 Å². The van der Waals surface area contributed by atoms with Crippen LogP contribution >= 0.6 is 22.6 Å². The fraction of sp³-hybridized carbons (Fsp3) is 0.415. The highest BCUT2D eigenvalue weighted by Crippen LogP contribution is 2.16. The Morgan fingerprint density at radius 2 is 0.957 bits per heavy atom. The first-order valence-corrected chi connectivity index (χ1v) is 17.6. The van der Waals surface area contributed by atoms with Gasteiger partial charge in [0.25, 0.3) is 0 Å². The number of halogens is 3. The minimum absolute atomic E-state index is 0. The Kier molecular flexibility index (Phi) is 19.0. The molecule has 250 valence electrons. The zero-order valence-corrected chi connectivity index (χ0v) is 29.8. The highest BCUT2D eigenvalue weighted by molar-refractivity contribution is 14.1. The molecule has 0 bridgehead atoms. The lowest BCUT2D eigenvalue weighted by atomic mass is 10.1. The van der Waals surface area contributed by atoms with E-state index in [1.807, 2.05) is 24.3 Å². The molecule has 0 aliphatic carbocycles. The molecule has 4 rings (SSSR count). The molecule has 0 saturated carbocycles. The molecule has 0 amide bonds. The van der Waals surface area contributed by atoms with E-state index in [0.717, 1.165) is 65.0 Å². The zero-order valence-electron chi connectivity index (χ0n) is 27.7. The summed E-state index contributed by atoms with van der Waals surface area (Å²) >= 11 is 2.41. The molecule has 0 unspecified atom stereocenters. The number of aryl methyl sites for hydroxylation is 4. The third-order valence-corrected chi connectivity index (χ3v) is 9.12. The topological polar surface area (TPSA) is 6.48 Å². The summed E-state index contributed by atoms with van der Waals surface area (Å²) in [4.78, 5) is 5.03. The van der Waals surface area contributed by atoms with Gasteiger partial charge < -0.3 is 0 Å². The van der Waals surface area contributed by atoms with Crippen molar-refractivity contribution in [2.45, 2.75) is 86.7 Å². The summed E-state index contributed by atoms with van der Waals surface area (Å²) in [6, 6.07) is 29.3. The third-order valence-electron chi connectivity index (χ3n) is 7.95. The molecule has 5 heteroatoms. The summed E-state index contributed by atoms with van der Waals surface area (Å²) in [7, 11) is 0. The monoisotopic (exact) mass is 740 g/mol. The van der Waals surface area contributed by atoms with Crippen molar-refractivity contribution in [1.82, 2.24) is 9.80 Å². The summed E-state index contributed by atoms with van der Waals surface area (Å²) in [5.41, 5.74) is 7.84. The molecular formula is C41H55F2IN2. The second-order valence-electron chi connectivity index (χ2n) is 12.1. The quantitative estimate of drug-likeness (QED) is 0.106. The van der Waals surface area contributed by atoms with E-state index in [0.29, 0.717) is 0 Å². The van der Waals surface area contributed by atoms with Crippen LogP contribution in [0.25, 0.3) is 0 Å². The minimum Gasteiger partial charge on any atom is -0.299 e. The van der Waals surface area contributed by atoms with Crippen LogP contribution in [0, 0.1) is 29.1 Å². The summed E-state index contributed by atoms with van der Waals surface area (Å²) in [5.74, 6) is -0.314. The summed E-state index contributed by atoms with van der Waals surface area (Å²) < 4.78 is 27.2. The van der Waals surface area contributed by atoms with Gasteiger partial charge in [-0.3, -0.25) is 9.80 Å². The molecule has 0 radical (unpaired) electrons. The van der Waals surface area contributed by atoms with Gasteiger partial charge in [0, 0.05) is 16.7 Å². The van der Waals surface area contributed by atoms with Gasteiger partial charge in [-0.1, -0.05) is 87.5 Å². The van der Waals surface area contributed by atoms with Crippen LogP contribution in [0.15, 0.2) is 91.0 Å². The van der Waals surface area contributed by atoms with Crippen LogP contribution in [0.5, 0.6) is 0 Å². The summed E-state index contributed by atoms with van der Waals surface area (Å²) in [5, 5.41) is 0. The Morgan fingerprint density at radius 1 is 0.543 bits per heavy atom. The van der Waals surface area contributed by atoms with Crippen molar-refractivity contribution in [3.05, 3.63) is 140 Å². The van der Waals surface area contributed by atoms with E-state index in [2.05, 4.69) is 103 Å². The Labute approximate surface area is 292 Å². The molecule has 0 heterocycles. The lowest BCUT2D eigenvalue weighted by Gasteiger charge is -2.22. The van der Waals surface area contributed by atoms with Crippen LogP contribution < -0.4 is 0 Å². The van der Waals surface area contributed by atoms with Crippen molar-refractivity contribution in [3.8, 4) is 0 Å². The van der Waals surface area contributed by atoms with Crippen molar-refractivity contribution < 1.29 is 8.78 Å². The van der Waals surface area contributed by atoms with Crippen molar-refractivity contribution in [3.63, 3.8) is 0 Å². The predicted octanol–water partition coefficient (Wildman–Crippen LogP) is 11.2. The molecule has 4 aromatic rings. The molecule has 46 heavy (non-hydrogen) atoms. The molecule has 0 spiro atoms. The molecule has 0 aromatic heterocycles. The fourth-order valence-corrected chi connectivity index (χ4v) is 6.01. The number of rotatable bonds is 16. The van der Waals surface area contributed by atoms with E-state index >= 15 is 0 Å². The molecule has 4 aromatic carbocycles. The van der Waals surface area contributed by atoms with Crippen LogP contribution in [0.3, 0.4) is 0 Å². The van der Waals surface area contributed by atoms with Crippen LogP contribution in [-0.2, 0) is 25.9 Å². The standard InChI is InChI=1S/C20H25FIN.C20H26FN.CH4/c1-3-12-23(15-18-7-6-16(2)20(22)14-18)13-4-5-17-8-10-19(21)11-9-17;1-3-14-22(16-19-8-6-17(2)7-9-19)15-4-5-18-10-12-20(21)13-11-18;/h6-11,14H,3-5,12-13,15H2,1-2H3;6-13H,3-5,14-16H2,1-2H3;1H4. The van der Waals surface area contributed by atoms with Gasteiger partial charge >= 0.3 is 0 Å². The van der Waals surface area contributed by atoms with Crippen LogP contribution in [-0.4, -0.2) is 36.0 Å².